The Morgan fingerprint density at radius 3 is 2.18 bits per heavy atom. The first-order valence-electron chi connectivity index (χ1n) is 12.7. The van der Waals surface area contributed by atoms with Gasteiger partial charge >= 0.3 is 6.03 Å². The first-order chi connectivity index (χ1) is 18.5. The molecule has 4 rings (SSSR count). The van der Waals surface area contributed by atoms with Gasteiger partial charge in [-0.05, 0) is 55.0 Å². The van der Waals surface area contributed by atoms with Crippen molar-refractivity contribution >= 4 is 34.7 Å². The Morgan fingerprint density at radius 1 is 0.816 bits per heavy atom. The largest absolute Gasteiger partial charge is 0.495 e. The van der Waals surface area contributed by atoms with E-state index >= 15 is 0 Å². The zero-order valence-corrected chi connectivity index (χ0v) is 22.1. The van der Waals surface area contributed by atoms with Crippen molar-refractivity contribution in [3.63, 3.8) is 0 Å². The molecule has 1 saturated heterocycles. The Balaban J connectivity index is 1.50. The van der Waals surface area contributed by atoms with Crippen molar-refractivity contribution < 1.29 is 19.1 Å². The number of piperazine rings is 1. The summed E-state index contributed by atoms with van der Waals surface area (Å²) in [5, 5.41) is 8.59. The third kappa shape index (κ3) is 6.74. The lowest BCUT2D eigenvalue weighted by atomic mass is 10.1. The van der Waals surface area contributed by atoms with Crippen LogP contribution >= 0.6 is 0 Å². The highest BCUT2D eigenvalue weighted by Gasteiger charge is 2.24. The highest BCUT2D eigenvalue weighted by atomic mass is 16.5. The summed E-state index contributed by atoms with van der Waals surface area (Å²) in [6.07, 6.45) is 0. The number of para-hydroxylation sites is 2. The van der Waals surface area contributed by atoms with Gasteiger partial charge in [0.15, 0.2) is 0 Å². The van der Waals surface area contributed by atoms with Gasteiger partial charge in [0.25, 0.3) is 5.91 Å². The lowest BCUT2D eigenvalue weighted by molar-refractivity contribution is 0.0937. The molecular formula is C29H35N5O4. The number of hydrogen-bond donors (Lipinski definition) is 3. The molecule has 0 unspecified atom stereocenters. The molecule has 0 aromatic heterocycles. The number of anilines is 4. The number of aryl methyl sites for hydroxylation is 1. The maximum Gasteiger partial charge on any atom is 0.323 e. The van der Waals surface area contributed by atoms with Gasteiger partial charge in [-0.15, -0.1) is 0 Å². The minimum absolute atomic E-state index is 0.216. The van der Waals surface area contributed by atoms with E-state index in [4.69, 9.17) is 9.47 Å². The van der Waals surface area contributed by atoms with Gasteiger partial charge in [-0.2, -0.15) is 0 Å². The normalized spacial score (nSPS) is 13.1. The number of urea groups is 1. The van der Waals surface area contributed by atoms with Crippen molar-refractivity contribution in [3.05, 3.63) is 77.9 Å². The summed E-state index contributed by atoms with van der Waals surface area (Å²) in [6.45, 7) is 5.80. The molecule has 1 aliphatic rings. The van der Waals surface area contributed by atoms with Crippen molar-refractivity contribution in [2.75, 3.05) is 74.0 Å². The van der Waals surface area contributed by atoms with Crippen LogP contribution in [0.25, 0.3) is 0 Å². The molecule has 3 aromatic carbocycles. The second-order valence-electron chi connectivity index (χ2n) is 9.08. The maximum atomic E-state index is 13.2. The van der Waals surface area contributed by atoms with Crippen LogP contribution in [-0.4, -0.2) is 65.5 Å². The molecule has 1 fully saturated rings. The number of carbonyl (C=O) groups excluding carboxylic acids is 2. The molecular weight excluding hydrogens is 482 g/mol. The summed E-state index contributed by atoms with van der Waals surface area (Å²) in [6, 6.07) is 20.6. The molecule has 0 aliphatic carbocycles. The van der Waals surface area contributed by atoms with Crippen LogP contribution in [0.4, 0.5) is 27.5 Å². The van der Waals surface area contributed by atoms with Gasteiger partial charge in [-0.3, -0.25) is 4.79 Å². The first kappa shape index (κ1) is 26.8. The van der Waals surface area contributed by atoms with Crippen molar-refractivity contribution in [2.24, 2.45) is 0 Å². The van der Waals surface area contributed by atoms with Gasteiger partial charge in [0.2, 0.25) is 0 Å². The molecule has 0 bridgehead atoms. The van der Waals surface area contributed by atoms with Gasteiger partial charge in [0.1, 0.15) is 5.75 Å². The fourth-order valence-electron chi connectivity index (χ4n) is 4.53. The van der Waals surface area contributed by atoms with Crippen LogP contribution in [0.15, 0.2) is 66.7 Å². The molecule has 0 spiro atoms. The van der Waals surface area contributed by atoms with E-state index in [1.54, 1.807) is 20.3 Å². The standard InChI is InChI=1S/C29H35N5O4/c1-21-7-6-8-22(19-21)31-29(36)32-23-11-12-25(24(20-23)28(35)30-13-18-37-2)33-14-16-34(17-15-33)26-9-4-5-10-27(26)38-3/h4-12,19-20H,13-18H2,1-3H3,(H,30,35)(H2,31,32,36). The highest BCUT2D eigenvalue weighted by molar-refractivity contribution is 6.04. The number of carbonyl (C=O) groups is 2. The number of methoxy groups -OCH3 is 2. The average molecular weight is 518 g/mol. The molecule has 200 valence electrons. The van der Waals surface area contributed by atoms with E-state index in [0.29, 0.717) is 30.1 Å². The number of amides is 3. The van der Waals surface area contributed by atoms with E-state index in [9.17, 15) is 9.59 Å². The number of hydrogen-bond acceptors (Lipinski definition) is 6. The van der Waals surface area contributed by atoms with E-state index < -0.39 is 0 Å². The van der Waals surface area contributed by atoms with Crippen LogP contribution < -0.4 is 30.5 Å². The minimum Gasteiger partial charge on any atom is -0.495 e. The molecule has 3 aromatic rings. The van der Waals surface area contributed by atoms with Crippen LogP contribution in [0, 0.1) is 6.92 Å². The van der Waals surface area contributed by atoms with Gasteiger partial charge in [0.05, 0.1) is 25.0 Å². The number of nitrogens with zero attached hydrogens (tertiary/aromatic N) is 2. The van der Waals surface area contributed by atoms with Crippen LogP contribution in [0.5, 0.6) is 5.75 Å². The second-order valence-corrected chi connectivity index (χ2v) is 9.08. The molecule has 3 amide bonds. The first-order valence-corrected chi connectivity index (χ1v) is 12.7. The molecule has 9 nitrogen and oxygen atoms in total. The summed E-state index contributed by atoms with van der Waals surface area (Å²) in [7, 11) is 3.27. The van der Waals surface area contributed by atoms with Crippen LogP contribution in [-0.2, 0) is 4.74 Å². The van der Waals surface area contributed by atoms with Crippen molar-refractivity contribution in [3.8, 4) is 5.75 Å². The van der Waals surface area contributed by atoms with Crippen molar-refractivity contribution in [2.45, 2.75) is 6.92 Å². The summed E-state index contributed by atoms with van der Waals surface area (Å²) < 4.78 is 10.6. The van der Waals surface area contributed by atoms with E-state index in [2.05, 4.69) is 31.8 Å². The molecule has 1 aliphatic heterocycles. The predicted molar refractivity (Wildman–Crippen MR) is 152 cm³/mol. The Labute approximate surface area is 223 Å². The lowest BCUT2D eigenvalue weighted by Gasteiger charge is -2.38. The Hall–Kier alpha value is -4.24. The third-order valence-corrected chi connectivity index (χ3v) is 6.41. The Bertz CT molecular complexity index is 1260. The van der Waals surface area contributed by atoms with Crippen LogP contribution in [0.3, 0.4) is 0 Å². The minimum atomic E-state index is -0.375. The summed E-state index contributed by atoms with van der Waals surface area (Å²) in [5.74, 6) is 0.630. The molecule has 0 saturated carbocycles. The molecule has 1 heterocycles. The van der Waals surface area contributed by atoms with E-state index in [0.717, 1.165) is 48.9 Å². The van der Waals surface area contributed by atoms with Crippen molar-refractivity contribution in [1.29, 1.82) is 0 Å². The summed E-state index contributed by atoms with van der Waals surface area (Å²) in [5.41, 5.74) is 4.66. The van der Waals surface area contributed by atoms with E-state index in [1.807, 2.05) is 61.5 Å². The third-order valence-electron chi connectivity index (χ3n) is 6.41. The average Bonchev–Trinajstić information content (AvgIpc) is 2.93. The van der Waals surface area contributed by atoms with Crippen LogP contribution in [0.2, 0.25) is 0 Å². The Kier molecular flexibility index (Phi) is 9.05. The topological polar surface area (TPSA) is 95.2 Å². The van der Waals surface area contributed by atoms with Gasteiger partial charge < -0.3 is 35.2 Å². The number of rotatable bonds is 9. The Morgan fingerprint density at radius 2 is 1.50 bits per heavy atom. The quantitative estimate of drug-likeness (QED) is 0.366. The zero-order chi connectivity index (χ0) is 26.9. The molecule has 0 radical (unpaired) electrons. The van der Waals surface area contributed by atoms with Crippen LogP contribution in [0.1, 0.15) is 15.9 Å². The fourth-order valence-corrected chi connectivity index (χ4v) is 4.53. The van der Waals surface area contributed by atoms with E-state index in [-0.39, 0.29) is 11.9 Å². The maximum absolute atomic E-state index is 13.2. The lowest BCUT2D eigenvalue weighted by Crippen LogP contribution is -2.47. The molecule has 0 atom stereocenters. The SMILES string of the molecule is COCCNC(=O)c1cc(NC(=O)Nc2cccc(C)c2)ccc1N1CCN(c2ccccc2OC)CC1. The number of nitrogens with one attached hydrogen (secondary N) is 3. The van der Waals surface area contributed by atoms with E-state index in [1.165, 1.54) is 0 Å². The van der Waals surface area contributed by atoms with Gasteiger partial charge in [-0.1, -0.05) is 24.3 Å². The molecule has 9 heteroatoms. The summed E-state index contributed by atoms with van der Waals surface area (Å²) in [4.78, 5) is 30.3. The fraction of sp³-hybridized carbons (Fsp3) is 0.310. The number of benzene rings is 3. The molecule has 38 heavy (non-hydrogen) atoms. The predicted octanol–water partition coefficient (Wildman–Crippen LogP) is 4.35. The summed E-state index contributed by atoms with van der Waals surface area (Å²) >= 11 is 0. The second kappa shape index (κ2) is 12.8. The zero-order valence-electron chi connectivity index (χ0n) is 22.1. The van der Waals surface area contributed by atoms with Crippen molar-refractivity contribution in [1.82, 2.24) is 5.32 Å². The monoisotopic (exact) mass is 517 g/mol. The smallest absolute Gasteiger partial charge is 0.323 e. The molecule has 3 N–H and O–H groups in total. The van der Waals surface area contributed by atoms with Gasteiger partial charge in [0, 0.05) is 56.9 Å². The number of ether oxygens (including phenoxy) is 2. The van der Waals surface area contributed by atoms with Gasteiger partial charge in [-0.25, -0.2) is 4.79 Å². The highest BCUT2D eigenvalue weighted by Crippen LogP contribution is 2.31.